The Kier molecular flexibility index (Phi) is 4.85. The first-order valence-corrected chi connectivity index (χ1v) is 8.71. The molecular formula is C18H26N6O. The van der Waals surface area contributed by atoms with Gasteiger partial charge >= 0.3 is 0 Å². The zero-order valence-electron chi connectivity index (χ0n) is 15.4. The number of amides is 1. The highest BCUT2D eigenvalue weighted by molar-refractivity contribution is 5.73. The summed E-state index contributed by atoms with van der Waals surface area (Å²) in [5.74, 6) is 0.977. The van der Waals surface area contributed by atoms with Crippen LogP contribution in [0.25, 0.3) is 0 Å². The monoisotopic (exact) mass is 342 g/mol. The van der Waals surface area contributed by atoms with Gasteiger partial charge < -0.3 is 4.90 Å². The molecule has 25 heavy (non-hydrogen) atoms. The maximum Gasteiger partial charge on any atom is 0.219 e. The van der Waals surface area contributed by atoms with E-state index in [1.165, 1.54) is 5.56 Å². The highest BCUT2D eigenvalue weighted by atomic mass is 16.2. The molecule has 1 atom stereocenters. The zero-order chi connectivity index (χ0) is 18.0. The molecule has 2 aromatic rings. The van der Waals surface area contributed by atoms with E-state index in [1.807, 2.05) is 27.8 Å². The fourth-order valence-electron chi connectivity index (χ4n) is 3.30. The molecule has 2 heterocycles. The van der Waals surface area contributed by atoms with Crippen molar-refractivity contribution in [2.75, 3.05) is 26.2 Å². The van der Waals surface area contributed by atoms with Crippen LogP contribution in [-0.4, -0.2) is 62.1 Å². The fourth-order valence-corrected chi connectivity index (χ4v) is 3.30. The first-order valence-electron chi connectivity index (χ1n) is 8.71. The van der Waals surface area contributed by atoms with Crippen LogP contribution in [0.1, 0.15) is 45.1 Å². The third-order valence-electron chi connectivity index (χ3n) is 4.61. The minimum Gasteiger partial charge on any atom is -0.340 e. The molecule has 0 bridgehead atoms. The van der Waals surface area contributed by atoms with Crippen LogP contribution < -0.4 is 0 Å². The summed E-state index contributed by atoms with van der Waals surface area (Å²) in [7, 11) is 0. The summed E-state index contributed by atoms with van der Waals surface area (Å²) in [6.07, 6.45) is 0. The molecule has 3 rings (SSSR count). The number of rotatable bonds is 3. The van der Waals surface area contributed by atoms with Crippen molar-refractivity contribution in [3.8, 4) is 0 Å². The highest BCUT2D eigenvalue weighted by Gasteiger charge is 2.33. The Morgan fingerprint density at radius 1 is 1.08 bits per heavy atom. The van der Waals surface area contributed by atoms with Gasteiger partial charge in [-0.2, -0.15) is 0 Å². The third kappa shape index (κ3) is 3.71. The normalized spacial score (nSPS) is 17.5. The first-order chi connectivity index (χ1) is 11.9. The van der Waals surface area contributed by atoms with Crippen LogP contribution in [0, 0.1) is 0 Å². The molecule has 7 heteroatoms. The van der Waals surface area contributed by atoms with Gasteiger partial charge in [-0.1, -0.05) is 30.3 Å². The molecule has 0 spiro atoms. The molecule has 1 saturated heterocycles. The van der Waals surface area contributed by atoms with Crippen molar-refractivity contribution in [1.29, 1.82) is 0 Å². The number of tetrazole rings is 1. The van der Waals surface area contributed by atoms with Gasteiger partial charge in [0.25, 0.3) is 0 Å². The van der Waals surface area contributed by atoms with Gasteiger partial charge in [0.2, 0.25) is 5.91 Å². The lowest BCUT2D eigenvalue weighted by molar-refractivity contribution is -0.130. The Hall–Kier alpha value is -2.28. The van der Waals surface area contributed by atoms with Crippen molar-refractivity contribution in [2.24, 2.45) is 0 Å². The summed E-state index contributed by atoms with van der Waals surface area (Å²) in [5, 5.41) is 12.5. The lowest BCUT2D eigenvalue weighted by Gasteiger charge is -2.39. The SMILES string of the molecule is CC(=O)N1CCN(C(c2ccccc2)c2nnnn2C(C)(C)C)CC1. The van der Waals surface area contributed by atoms with Crippen molar-refractivity contribution >= 4 is 5.91 Å². The molecule has 1 aromatic carbocycles. The Morgan fingerprint density at radius 2 is 1.72 bits per heavy atom. The molecule has 1 aromatic heterocycles. The summed E-state index contributed by atoms with van der Waals surface area (Å²) >= 11 is 0. The number of piperazine rings is 1. The van der Waals surface area contributed by atoms with Crippen LogP contribution in [0.15, 0.2) is 30.3 Å². The van der Waals surface area contributed by atoms with Crippen LogP contribution in [0.3, 0.4) is 0 Å². The van der Waals surface area contributed by atoms with E-state index in [-0.39, 0.29) is 17.5 Å². The van der Waals surface area contributed by atoms with Crippen LogP contribution in [-0.2, 0) is 10.3 Å². The standard InChI is InChI=1S/C18H26N6O/c1-14(25)22-10-12-23(13-11-22)16(15-8-6-5-7-9-15)17-19-20-21-24(17)18(2,3)4/h5-9,16H,10-13H2,1-4H3. The largest absolute Gasteiger partial charge is 0.340 e. The van der Waals surface area contributed by atoms with Crippen LogP contribution in [0.4, 0.5) is 0 Å². The van der Waals surface area contributed by atoms with Gasteiger partial charge in [0.05, 0.1) is 11.6 Å². The second-order valence-electron chi connectivity index (χ2n) is 7.47. The molecule has 0 N–H and O–H groups in total. The van der Waals surface area contributed by atoms with Crippen molar-refractivity contribution in [2.45, 2.75) is 39.3 Å². The van der Waals surface area contributed by atoms with Gasteiger partial charge in [0, 0.05) is 33.1 Å². The van der Waals surface area contributed by atoms with Crippen molar-refractivity contribution in [3.63, 3.8) is 0 Å². The number of carbonyl (C=O) groups excluding carboxylic acids is 1. The average molecular weight is 342 g/mol. The van der Waals surface area contributed by atoms with Crippen molar-refractivity contribution in [3.05, 3.63) is 41.7 Å². The average Bonchev–Trinajstić information content (AvgIpc) is 3.06. The van der Waals surface area contributed by atoms with Gasteiger partial charge in [-0.05, 0) is 36.8 Å². The second-order valence-corrected chi connectivity index (χ2v) is 7.47. The lowest BCUT2D eigenvalue weighted by atomic mass is 10.0. The predicted octanol–water partition coefficient (Wildman–Crippen LogP) is 1.68. The van der Waals surface area contributed by atoms with Gasteiger partial charge in [0.15, 0.2) is 5.82 Å². The van der Waals surface area contributed by atoms with Crippen LogP contribution in [0.2, 0.25) is 0 Å². The molecule has 0 saturated carbocycles. The predicted molar refractivity (Wildman–Crippen MR) is 94.9 cm³/mol. The number of aromatic nitrogens is 4. The maximum absolute atomic E-state index is 11.6. The van der Waals surface area contributed by atoms with Gasteiger partial charge in [-0.3, -0.25) is 9.69 Å². The van der Waals surface area contributed by atoms with E-state index in [0.717, 1.165) is 32.0 Å². The van der Waals surface area contributed by atoms with E-state index >= 15 is 0 Å². The first kappa shape index (κ1) is 17.5. The minimum absolute atomic E-state index is 0.0236. The molecule has 1 aliphatic rings. The molecule has 134 valence electrons. The van der Waals surface area contributed by atoms with E-state index in [0.29, 0.717) is 0 Å². The van der Waals surface area contributed by atoms with Crippen molar-refractivity contribution < 1.29 is 4.79 Å². The second kappa shape index (κ2) is 6.92. The Balaban J connectivity index is 1.96. The summed E-state index contributed by atoms with van der Waals surface area (Å²) in [4.78, 5) is 15.9. The molecule has 1 aliphatic heterocycles. The molecule has 1 amide bonds. The topological polar surface area (TPSA) is 67.2 Å². The van der Waals surface area contributed by atoms with Gasteiger partial charge in [0.1, 0.15) is 0 Å². The van der Waals surface area contributed by atoms with E-state index in [2.05, 4.69) is 53.3 Å². The third-order valence-corrected chi connectivity index (χ3v) is 4.61. The quantitative estimate of drug-likeness (QED) is 0.849. The molecule has 1 fully saturated rings. The Bertz CT molecular complexity index is 713. The highest BCUT2D eigenvalue weighted by Crippen LogP contribution is 2.30. The van der Waals surface area contributed by atoms with Gasteiger partial charge in [-0.15, -0.1) is 5.10 Å². The molecule has 0 aliphatic carbocycles. The van der Waals surface area contributed by atoms with Gasteiger partial charge in [-0.25, -0.2) is 4.68 Å². The van der Waals surface area contributed by atoms with Crippen molar-refractivity contribution in [1.82, 2.24) is 30.0 Å². The molecule has 1 unspecified atom stereocenters. The molecular weight excluding hydrogens is 316 g/mol. The summed E-state index contributed by atoms with van der Waals surface area (Å²) in [5.41, 5.74) is 0.964. The van der Waals surface area contributed by atoms with E-state index < -0.39 is 0 Å². The van der Waals surface area contributed by atoms with E-state index in [1.54, 1.807) is 6.92 Å². The zero-order valence-corrected chi connectivity index (χ0v) is 15.4. The van der Waals surface area contributed by atoms with Crippen LogP contribution >= 0.6 is 0 Å². The number of hydrogen-bond acceptors (Lipinski definition) is 5. The Labute approximate surface area is 148 Å². The minimum atomic E-state index is -0.201. The summed E-state index contributed by atoms with van der Waals surface area (Å²) in [6.45, 7) is 11.0. The Morgan fingerprint density at radius 3 is 2.28 bits per heavy atom. The number of benzene rings is 1. The molecule has 0 radical (unpaired) electrons. The number of nitrogens with zero attached hydrogens (tertiary/aromatic N) is 6. The maximum atomic E-state index is 11.6. The summed E-state index contributed by atoms with van der Waals surface area (Å²) in [6, 6.07) is 10.3. The van der Waals surface area contributed by atoms with E-state index in [4.69, 9.17) is 0 Å². The molecule has 7 nitrogen and oxygen atoms in total. The smallest absolute Gasteiger partial charge is 0.219 e. The lowest BCUT2D eigenvalue weighted by Crippen LogP contribution is -2.50. The van der Waals surface area contributed by atoms with E-state index in [9.17, 15) is 4.79 Å². The fraction of sp³-hybridized carbons (Fsp3) is 0.556. The van der Waals surface area contributed by atoms with Crippen LogP contribution in [0.5, 0.6) is 0 Å². The number of carbonyl (C=O) groups is 1. The summed E-state index contributed by atoms with van der Waals surface area (Å²) < 4.78 is 1.90. The number of hydrogen-bond donors (Lipinski definition) is 0.